The van der Waals surface area contributed by atoms with Gasteiger partial charge in [-0.05, 0) is 62.2 Å². The molecule has 0 saturated carbocycles. The number of carbonyl (C=O) groups excluding carboxylic acids is 1. The van der Waals surface area contributed by atoms with Gasteiger partial charge in [0.05, 0.1) is 0 Å². The van der Waals surface area contributed by atoms with Crippen LogP contribution in [0.3, 0.4) is 0 Å². The standard InChI is InChI=1S/C19H20N4O2/c20-11-15-3-6-18(21-15)25-16-4-1-14(2-5-16)19(24)22-17-12-23-9-7-13(17)8-10-23/h1-6,13,17,21H,7-10,12H2,(H,22,24). The van der Waals surface area contributed by atoms with Crippen molar-refractivity contribution in [2.75, 3.05) is 19.6 Å². The number of hydrogen-bond donors (Lipinski definition) is 2. The van der Waals surface area contributed by atoms with Gasteiger partial charge in [-0.15, -0.1) is 0 Å². The van der Waals surface area contributed by atoms with E-state index in [2.05, 4.69) is 15.2 Å². The molecular formula is C19H20N4O2. The SMILES string of the molecule is N#Cc1ccc(Oc2ccc(C(=O)NC3CN4CCC3CC4)cc2)[nH]1. The predicted molar refractivity (Wildman–Crippen MR) is 92.4 cm³/mol. The number of H-pyrrole nitrogens is 1. The van der Waals surface area contributed by atoms with Gasteiger partial charge in [0.2, 0.25) is 0 Å². The van der Waals surface area contributed by atoms with Gasteiger partial charge in [0.1, 0.15) is 17.5 Å². The lowest BCUT2D eigenvalue weighted by Gasteiger charge is -2.44. The van der Waals surface area contributed by atoms with Crippen LogP contribution < -0.4 is 10.1 Å². The van der Waals surface area contributed by atoms with Crippen molar-refractivity contribution in [2.45, 2.75) is 18.9 Å². The van der Waals surface area contributed by atoms with E-state index in [9.17, 15) is 4.79 Å². The number of carbonyl (C=O) groups is 1. The van der Waals surface area contributed by atoms with E-state index in [0.29, 0.717) is 28.8 Å². The minimum atomic E-state index is -0.0306. The van der Waals surface area contributed by atoms with Gasteiger partial charge in [-0.1, -0.05) is 0 Å². The zero-order valence-electron chi connectivity index (χ0n) is 13.9. The molecule has 0 spiro atoms. The average Bonchev–Trinajstić information content (AvgIpc) is 3.11. The van der Waals surface area contributed by atoms with Crippen molar-refractivity contribution >= 4 is 5.91 Å². The first-order valence-electron chi connectivity index (χ1n) is 8.61. The second kappa shape index (κ2) is 6.61. The summed E-state index contributed by atoms with van der Waals surface area (Å²) in [7, 11) is 0. The molecule has 6 heteroatoms. The molecule has 1 unspecified atom stereocenters. The molecule has 25 heavy (non-hydrogen) atoms. The summed E-state index contributed by atoms with van der Waals surface area (Å²) in [5.74, 6) is 1.70. The number of nitriles is 1. The van der Waals surface area contributed by atoms with Crippen molar-refractivity contribution in [2.24, 2.45) is 5.92 Å². The average molecular weight is 336 g/mol. The number of aromatic nitrogens is 1. The highest BCUT2D eigenvalue weighted by molar-refractivity contribution is 5.94. The zero-order valence-corrected chi connectivity index (χ0v) is 13.9. The minimum absolute atomic E-state index is 0.0306. The monoisotopic (exact) mass is 336 g/mol. The van der Waals surface area contributed by atoms with E-state index in [4.69, 9.17) is 10.00 Å². The molecule has 0 aliphatic carbocycles. The molecule has 1 amide bonds. The van der Waals surface area contributed by atoms with Gasteiger partial charge in [0, 0.05) is 24.2 Å². The summed E-state index contributed by atoms with van der Waals surface area (Å²) in [6.45, 7) is 3.29. The van der Waals surface area contributed by atoms with Gasteiger partial charge in [-0.3, -0.25) is 4.79 Å². The lowest BCUT2D eigenvalue weighted by atomic mass is 9.84. The number of benzene rings is 1. The van der Waals surface area contributed by atoms with E-state index in [-0.39, 0.29) is 11.9 Å². The Morgan fingerprint density at radius 1 is 1.20 bits per heavy atom. The Balaban J connectivity index is 1.38. The molecule has 2 aromatic rings. The Kier molecular flexibility index (Phi) is 4.16. The summed E-state index contributed by atoms with van der Waals surface area (Å²) in [6, 6.07) is 12.7. The van der Waals surface area contributed by atoms with Gasteiger partial charge in [0.15, 0.2) is 5.88 Å². The Hall–Kier alpha value is -2.78. The largest absolute Gasteiger partial charge is 0.441 e. The normalized spacial score (nSPS) is 24.5. The molecule has 5 rings (SSSR count). The molecule has 3 fully saturated rings. The quantitative estimate of drug-likeness (QED) is 0.899. The molecular weight excluding hydrogens is 316 g/mol. The topological polar surface area (TPSA) is 81.2 Å². The van der Waals surface area contributed by atoms with E-state index in [0.717, 1.165) is 19.6 Å². The van der Waals surface area contributed by atoms with Crippen LogP contribution in [-0.2, 0) is 0 Å². The molecule has 3 aliphatic heterocycles. The number of nitrogens with zero attached hydrogens (tertiary/aromatic N) is 2. The summed E-state index contributed by atoms with van der Waals surface area (Å²) in [4.78, 5) is 17.8. The van der Waals surface area contributed by atoms with Crippen molar-refractivity contribution < 1.29 is 9.53 Å². The Bertz CT molecular complexity index is 798. The van der Waals surface area contributed by atoms with Crippen LogP contribution in [0.15, 0.2) is 36.4 Å². The first-order chi connectivity index (χ1) is 12.2. The zero-order chi connectivity index (χ0) is 17.2. The Morgan fingerprint density at radius 3 is 2.56 bits per heavy atom. The Labute approximate surface area is 146 Å². The second-order valence-corrected chi connectivity index (χ2v) is 6.69. The van der Waals surface area contributed by atoms with Crippen LogP contribution in [0.2, 0.25) is 0 Å². The highest BCUT2D eigenvalue weighted by Crippen LogP contribution is 2.28. The van der Waals surface area contributed by atoms with Crippen LogP contribution in [0.25, 0.3) is 0 Å². The summed E-state index contributed by atoms with van der Waals surface area (Å²) in [5.41, 5.74) is 1.08. The summed E-state index contributed by atoms with van der Waals surface area (Å²) >= 11 is 0. The number of rotatable bonds is 4. The van der Waals surface area contributed by atoms with Crippen LogP contribution in [0.5, 0.6) is 11.6 Å². The van der Waals surface area contributed by atoms with Crippen LogP contribution in [0, 0.1) is 17.2 Å². The first kappa shape index (κ1) is 15.7. The summed E-state index contributed by atoms with van der Waals surface area (Å²) < 4.78 is 5.64. The fourth-order valence-electron chi connectivity index (χ4n) is 3.68. The van der Waals surface area contributed by atoms with Crippen molar-refractivity contribution in [3.63, 3.8) is 0 Å². The van der Waals surface area contributed by atoms with E-state index >= 15 is 0 Å². The van der Waals surface area contributed by atoms with Gasteiger partial charge in [-0.2, -0.15) is 5.26 Å². The molecule has 2 bridgehead atoms. The van der Waals surface area contributed by atoms with E-state index in [1.165, 1.54) is 12.8 Å². The number of fused-ring (bicyclic) bond motifs is 3. The molecule has 3 aliphatic rings. The summed E-state index contributed by atoms with van der Waals surface area (Å²) in [6.07, 6.45) is 2.36. The van der Waals surface area contributed by atoms with Gasteiger partial charge >= 0.3 is 0 Å². The van der Waals surface area contributed by atoms with Crippen LogP contribution in [-0.4, -0.2) is 41.5 Å². The van der Waals surface area contributed by atoms with Crippen molar-refractivity contribution in [1.29, 1.82) is 5.26 Å². The van der Waals surface area contributed by atoms with Gasteiger partial charge in [-0.25, -0.2) is 0 Å². The maximum atomic E-state index is 12.5. The van der Waals surface area contributed by atoms with Crippen LogP contribution in [0.1, 0.15) is 28.9 Å². The number of piperidine rings is 3. The maximum Gasteiger partial charge on any atom is 0.251 e. The molecule has 6 nitrogen and oxygen atoms in total. The molecule has 3 saturated heterocycles. The fraction of sp³-hybridized carbons (Fsp3) is 0.368. The molecule has 128 valence electrons. The summed E-state index contributed by atoms with van der Waals surface area (Å²) in [5, 5.41) is 12.0. The van der Waals surface area contributed by atoms with Crippen LogP contribution in [0.4, 0.5) is 0 Å². The van der Waals surface area contributed by atoms with E-state index in [1.54, 1.807) is 36.4 Å². The molecule has 1 atom stereocenters. The number of nitrogens with one attached hydrogen (secondary N) is 2. The molecule has 1 aromatic carbocycles. The fourth-order valence-corrected chi connectivity index (χ4v) is 3.68. The minimum Gasteiger partial charge on any atom is -0.441 e. The number of ether oxygens (including phenoxy) is 1. The molecule has 4 heterocycles. The lowest BCUT2D eigenvalue weighted by molar-refractivity contribution is 0.0620. The third-order valence-corrected chi connectivity index (χ3v) is 5.10. The lowest BCUT2D eigenvalue weighted by Crippen LogP contribution is -2.57. The molecule has 2 N–H and O–H groups in total. The second-order valence-electron chi connectivity index (χ2n) is 6.69. The van der Waals surface area contributed by atoms with Gasteiger partial charge in [0.25, 0.3) is 5.91 Å². The van der Waals surface area contributed by atoms with Gasteiger partial charge < -0.3 is 19.9 Å². The highest BCUT2D eigenvalue weighted by atomic mass is 16.5. The smallest absolute Gasteiger partial charge is 0.251 e. The molecule has 0 radical (unpaired) electrons. The number of amides is 1. The first-order valence-corrected chi connectivity index (χ1v) is 8.61. The van der Waals surface area contributed by atoms with E-state index < -0.39 is 0 Å². The Morgan fingerprint density at radius 2 is 1.96 bits per heavy atom. The number of hydrogen-bond acceptors (Lipinski definition) is 4. The van der Waals surface area contributed by atoms with Crippen LogP contribution >= 0.6 is 0 Å². The predicted octanol–water partition coefficient (Wildman–Crippen LogP) is 2.50. The van der Waals surface area contributed by atoms with Crippen molar-refractivity contribution in [3.8, 4) is 17.7 Å². The van der Waals surface area contributed by atoms with Crippen molar-refractivity contribution in [3.05, 3.63) is 47.7 Å². The highest BCUT2D eigenvalue weighted by Gasteiger charge is 2.34. The molecule has 1 aromatic heterocycles. The number of aromatic amines is 1. The maximum absolute atomic E-state index is 12.5. The van der Waals surface area contributed by atoms with Crippen molar-refractivity contribution in [1.82, 2.24) is 15.2 Å². The van der Waals surface area contributed by atoms with E-state index in [1.807, 2.05) is 6.07 Å². The third kappa shape index (κ3) is 3.37. The third-order valence-electron chi connectivity index (χ3n) is 5.10.